The van der Waals surface area contributed by atoms with Crippen molar-refractivity contribution in [1.82, 2.24) is 3.93 Å². The van der Waals surface area contributed by atoms with Crippen molar-refractivity contribution in [3.05, 3.63) is 12.7 Å². The van der Waals surface area contributed by atoms with Crippen LogP contribution >= 0.6 is 16.1 Å². The predicted octanol–water partition coefficient (Wildman–Crippen LogP) is 0.941. The van der Waals surface area contributed by atoms with Crippen LogP contribution in [-0.4, -0.2) is 16.9 Å². The van der Waals surface area contributed by atoms with E-state index in [2.05, 4.69) is 22.7 Å². The Hall–Kier alpha value is -0.310. The number of amides is 1. The molecular weight excluding hydrogens is 158 g/mol. The summed E-state index contributed by atoms with van der Waals surface area (Å²) in [6.07, 6.45) is 1.23. The van der Waals surface area contributed by atoms with E-state index in [1.165, 1.54) is 10.0 Å². The quantitative estimate of drug-likeness (QED) is 0.417. The summed E-state index contributed by atoms with van der Waals surface area (Å²) in [7, 11) is 1.60. The van der Waals surface area contributed by atoms with Crippen LogP contribution in [0.2, 0.25) is 0 Å². The summed E-state index contributed by atoms with van der Waals surface area (Å²) < 4.78 is 1.28. The first-order valence-corrected chi connectivity index (χ1v) is 2.45. The Bertz CT molecular complexity index is 89.7. The normalized spacial score (nSPS) is 7.71. The molecule has 0 bridgehead atoms. The molecule has 0 N–H and O–H groups in total. The van der Waals surface area contributed by atoms with E-state index in [4.69, 9.17) is 0 Å². The zero-order chi connectivity index (χ0) is 5.86. The number of carbonyl (C=O) groups excluding carboxylic acids is 1. The maximum Gasteiger partial charge on any atom is 0.255 e. The Balaban J connectivity index is 3.56. The molecule has 7 heavy (non-hydrogen) atoms. The lowest BCUT2D eigenvalue weighted by atomic mass is 10.6. The highest BCUT2D eigenvalue weighted by Gasteiger charge is 1.94. The van der Waals surface area contributed by atoms with Gasteiger partial charge < -0.3 is 0 Å². The Labute approximate surface area is 51.1 Å². The van der Waals surface area contributed by atoms with Crippen molar-refractivity contribution < 1.29 is 4.79 Å². The Morgan fingerprint density at radius 2 is 2.43 bits per heavy atom. The highest BCUT2D eigenvalue weighted by atomic mass is 79.9. The van der Waals surface area contributed by atoms with Gasteiger partial charge in [0, 0.05) is 7.05 Å². The number of nitrogens with zero attached hydrogens (tertiary/aromatic N) is 1. The SMILES string of the molecule is C=CC(=O)N(C)Br. The smallest absolute Gasteiger partial charge is 0.255 e. The van der Waals surface area contributed by atoms with E-state index in [0.29, 0.717) is 0 Å². The molecule has 0 rings (SSSR count). The number of hydrogen-bond acceptors (Lipinski definition) is 1. The summed E-state index contributed by atoms with van der Waals surface area (Å²) in [5.74, 6) is -0.139. The third-order valence-electron chi connectivity index (χ3n) is 0.478. The molecule has 0 saturated heterocycles. The molecule has 2 nitrogen and oxygen atoms in total. The molecule has 0 aliphatic carbocycles. The molecular formula is C4H6BrNO. The number of likely N-dealkylation sites (N-methyl/N-ethyl adjacent to an activating group) is 1. The molecule has 0 unspecified atom stereocenters. The van der Waals surface area contributed by atoms with E-state index < -0.39 is 0 Å². The topological polar surface area (TPSA) is 20.3 Å². The number of carbonyl (C=O) groups is 1. The average molecular weight is 164 g/mol. The van der Waals surface area contributed by atoms with Crippen molar-refractivity contribution in [2.24, 2.45) is 0 Å². The zero-order valence-electron chi connectivity index (χ0n) is 4.02. The number of rotatable bonds is 1. The molecule has 0 atom stereocenters. The van der Waals surface area contributed by atoms with E-state index >= 15 is 0 Å². The molecule has 0 heterocycles. The van der Waals surface area contributed by atoms with Gasteiger partial charge in [-0.2, -0.15) is 0 Å². The number of hydrogen-bond donors (Lipinski definition) is 0. The van der Waals surface area contributed by atoms with Crippen LogP contribution in [0.15, 0.2) is 12.7 Å². The first-order chi connectivity index (χ1) is 3.18. The fourth-order valence-corrected chi connectivity index (χ4v) is 0.271. The van der Waals surface area contributed by atoms with Gasteiger partial charge in [-0.3, -0.25) is 8.72 Å². The van der Waals surface area contributed by atoms with Gasteiger partial charge in [-0.1, -0.05) is 6.58 Å². The molecule has 0 aromatic carbocycles. The molecule has 1 amide bonds. The first kappa shape index (κ1) is 6.69. The minimum atomic E-state index is -0.139. The predicted molar refractivity (Wildman–Crippen MR) is 31.9 cm³/mol. The minimum Gasteiger partial charge on any atom is -0.278 e. The van der Waals surface area contributed by atoms with Crippen LogP contribution in [0.1, 0.15) is 0 Å². The standard InChI is InChI=1S/C4H6BrNO/c1-3-4(7)6(2)5/h3H,1H2,2H3. The molecule has 3 heteroatoms. The molecule has 40 valence electrons. The van der Waals surface area contributed by atoms with Gasteiger partial charge in [0.05, 0.1) is 16.1 Å². The van der Waals surface area contributed by atoms with Gasteiger partial charge in [-0.05, 0) is 6.08 Å². The van der Waals surface area contributed by atoms with Crippen LogP contribution in [-0.2, 0) is 4.79 Å². The van der Waals surface area contributed by atoms with Crippen LogP contribution in [0.3, 0.4) is 0 Å². The maximum atomic E-state index is 10.3. The summed E-state index contributed by atoms with van der Waals surface area (Å²) >= 11 is 2.91. The van der Waals surface area contributed by atoms with E-state index in [9.17, 15) is 4.79 Å². The largest absolute Gasteiger partial charge is 0.278 e. The Morgan fingerprint density at radius 1 is 2.00 bits per heavy atom. The number of halogens is 1. The summed E-state index contributed by atoms with van der Waals surface area (Å²) in [6, 6.07) is 0. The van der Waals surface area contributed by atoms with Crippen LogP contribution in [0.5, 0.6) is 0 Å². The second-order valence-electron chi connectivity index (χ2n) is 1.02. The van der Waals surface area contributed by atoms with Crippen molar-refractivity contribution in [1.29, 1.82) is 0 Å². The second-order valence-corrected chi connectivity index (χ2v) is 2.08. The Morgan fingerprint density at radius 3 is 2.43 bits per heavy atom. The molecule has 0 aliphatic heterocycles. The summed E-state index contributed by atoms with van der Waals surface area (Å²) in [5.41, 5.74) is 0. The van der Waals surface area contributed by atoms with E-state index in [1.54, 1.807) is 7.05 Å². The molecule has 0 fully saturated rings. The van der Waals surface area contributed by atoms with Gasteiger partial charge in [-0.25, -0.2) is 0 Å². The lowest BCUT2D eigenvalue weighted by Gasteiger charge is -1.99. The van der Waals surface area contributed by atoms with E-state index in [0.717, 1.165) is 0 Å². The lowest BCUT2D eigenvalue weighted by Crippen LogP contribution is -2.11. The second kappa shape index (κ2) is 2.80. The van der Waals surface area contributed by atoms with Gasteiger partial charge >= 0.3 is 0 Å². The summed E-state index contributed by atoms with van der Waals surface area (Å²) in [4.78, 5) is 10.3. The van der Waals surface area contributed by atoms with Gasteiger partial charge in [0.25, 0.3) is 5.91 Å². The zero-order valence-corrected chi connectivity index (χ0v) is 5.60. The van der Waals surface area contributed by atoms with Crippen LogP contribution < -0.4 is 0 Å². The third kappa shape index (κ3) is 2.39. The maximum absolute atomic E-state index is 10.3. The van der Waals surface area contributed by atoms with E-state index in [-0.39, 0.29) is 5.91 Å². The van der Waals surface area contributed by atoms with Gasteiger partial charge in [-0.15, -0.1) is 0 Å². The molecule has 0 saturated carbocycles. The molecule has 0 spiro atoms. The molecule has 0 aromatic rings. The molecule has 0 radical (unpaired) electrons. The van der Waals surface area contributed by atoms with Gasteiger partial charge in [0.15, 0.2) is 0 Å². The van der Waals surface area contributed by atoms with Crippen molar-refractivity contribution in [3.8, 4) is 0 Å². The van der Waals surface area contributed by atoms with E-state index in [1.807, 2.05) is 0 Å². The first-order valence-electron chi connectivity index (χ1n) is 1.74. The van der Waals surface area contributed by atoms with Crippen molar-refractivity contribution >= 4 is 22.1 Å². The fourth-order valence-electron chi connectivity index (χ4n) is 0.126. The Kier molecular flexibility index (Phi) is 2.67. The van der Waals surface area contributed by atoms with Gasteiger partial charge in [0.2, 0.25) is 0 Å². The minimum absolute atomic E-state index is 0.139. The van der Waals surface area contributed by atoms with Crippen LogP contribution in [0, 0.1) is 0 Å². The van der Waals surface area contributed by atoms with Crippen LogP contribution in [0.4, 0.5) is 0 Å². The van der Waals surface area contributed by atoms with Crippen molar-refractivity contribution in [3.63, 3.8) is 0 Å². The molecule has 0 aromatic heterocycles. The van der Waals surface area contributed by atoms with Crippen molar-refractivity contribution in [2.45, 2.75) is 0 Å². The molecule has 0 aliphatic rings. The fraction of sp³-hybridized carbons (Fsp3) is 0.250. The monoisotopic (exact) mass is 163 g/mol. The average Bonchev–Trinajstić information content (AvgIpc) is 1.65. The highest BCUT2D eigenvalue weighted by molar-refractivity contribution is 9.07. The third-order valence-corrected chi connectivity index (χ3v) is 0.828. The summed E-state index contributed by atoms with van der Waals surface area (Å²) in [5, 5.41) is 0. The highest BCUT2D eigenvalue weighted by Crippen LogP contribution is 1.90. The van der Waals surface area contributed by atoms with Crippen LogP contribution in [0.25, 0.3) is 0 Å². The summed E-state index contributed by atoms with van der Waals surface area (Å²) in [6.45, 7) is 3.26. The van der Waals surface area contributed by atoms with Crippen molar-refractivity contribution in [2.75, 3.05) is 7.05 Å². The van der Waals surface area contributed by atoms with Gasteiger partial charge in [0.1, 0.15) is 0 Å². The lowest BCUT2D eigenvalue weighted by molar-refractivity contribution is -0.120.